The summed E-state index contributed by atoms with van der Waals surface area (Å²) >= 11 is 0. The van der Waals surface area contributed by atoms with E-state index in [2.05, 4.69) is 0 Å². The van der Waals surface area contributed by atoms with E-state index in [4.69, 9.17) is 28.1 Å². The van der Waals surface area contributed by atoms with E-state index in [0.717, 1.165) is 6.07 Å². The van der Waals surface area contributed by atoms with Crippen molar-refractivity contribution in [3.8, 4) is 40.1 Å². The lowest BCUT2D eigenvalue weighted by molar-refractivity contribution is -0.344. The molecule has 2 fully saturated rings. The maximum atomic E-state index is 10.9. The van der Waals surface area contributed by atoms with Crippen molar-refractivity contribution in [2.24, 2.45) is 0 Å². The van der Waals surface area contributed by atoms with Gasteiger partial charge in [-0.2, -0.15) is 0 Å². The zero-order valence-electron chi connectivity index (χ0n) is 22.0. The number of phenols is 3. The Bertz CT molecular complexity index is 1420. The summed E-state index contributed by atoms with van der Waals surface area (Å²) in [7, 11) is 1.33. The van der Waals surface area contributed by atoms with E-state index >= 15 is 0 Å². The number of phenolic OH excluding ortho intramolecular Hbond substituents is 3. The van der Waals surface area contributed by atoms with Gasteiger partial charge >= 0.3 is 11.3 Å². The number of aliphatic hydroxyl groups is 6. The molecule has 0 amide bonds. The number of methoxy groups -OCH3 is 1. The molecular weight excluding hydrogens is 564 g/mol. The van der Waals surface area contributed by atoms with Crippen molar-refractivity contribution in [1.82, 2.24) is 0 Å². The average Bonchev–Trinajstić information content (AvgIpc) is 2.97. The van der Waals surface area contributed by atoms with Gasteiger partial charge in [0, 0.05) is 18.2 Å². The first-order valence-corrected chi connectivity index (χ1v) is 12.8. The van der Waals surface area contributed by atoms with Crippen LogP contribution in [0, 0.1) is 0 Å². The number of fused-ring (bicyclic) bond motifs is 1. The van der Waals surface area contributed by atoms with Crippen LogP contribution in [0.15, 0.2) is 40.8 Å². The maximum absolute atomic E-state index is 10.9. The molecule has 228 valence electrons. The van der Waals surface area contributed by atoms with Gasteiger partial charge in [0.2, 0.25) is 12.0 Å². The first kappa shape index (κ1) is 30.0. The van der Waals surface area contributed by atoms with Gasteiger partial charge in [0.05, 0.1) is 32.0 Å². The molecule has 9 N–H and O–H groups in total. The summed E-state index contributed by atoms with van der Waals surface area (Å²) in [5.41, 5.74) is 0.328. The number of aliphatic hydroxyl groups excluding tert-OH is 6. The highest BCUT2D eigenvalue weighted by Crippen LogP contribution is 2.42. The van der Waals surface area contributed by atoms with E-state index in [-0.39, 0.29) is 45.5 Å². The monoisotopic (exact) mass is 595 g/mol. The Kier molecular flexibility index (Phi) is 8.56. The van der Waals surface area contributed by atoms with Crippen LogP contribution in [0.25, 0.3) is 22.3 Å². The molecule has 42 heavy (non-hydrogen) atoms. The van der Waals surface area contributed by atoms with Gasteiger partial charge in [-0.1, -0.05) is 0 Å². The number of benzene rings is 2. The number of hydrogen-bond acceptors (Lipinski definition) is 14. The minimum Gasteiger partial charge on any atom is -0.507 e. The lowest BCUT2D eigenvalue weighted by atomic mass is 9.98. The van der Waals surface area contributed by atoms with Gasteiger partial charge in [0.1, 0.15) is 53.5 Å². The van der Waals surface area contributed by atoms with Gasteiger partial charge in [0.15, 0.2) is 23.9 Å². The average molecular weight is 596 g/mol. The van der Waals surface area contributed by atoms with Gasteiger partial charge in [-0.05, 0) is 12.1 Å². The predicted octanol–water partition coefficient (Wildman–Crippen LogP) is -0.852. The Morgan fingerprint density at radius 2 is 1.62 bits per heavy atom. The van der Waals surface area contributed by atoms with Gasteiger partial charge in [0.25, 0.3) is 0 Å². The van der Waals surface area contributed by atoms with Crippen molar-refractivity contribution < 1.29 is 74.1 Å². The second-order valence-electron chi connectivity index (χ2n) is 9.88. The topological polar surface area (TPSA) is 240 Å². The van der Waals surface area contributed by atoms with E-state index in [9.17, 15) is 46.0 Å². The maximum Gasteiger partial charge on any atom is 0.402 e. The second-order valence-corrected chi connectivity index (χ2v) is 9.88. The molecule has 0 saturated carbocycles. The van der Waals surface area contributed by atoms with Crippen molar-refractivity contribution in [3.63, 3.8) is 0 Å². The van der Waals surface area contributed by atoms with E-state index in [0.29, 0.717) is 5.56 Å². The van der Waals surface area contributed by atoms with Crippen LogP contribution in [-0.4, -0.2) is 122 Å². The Balaban J connectivity index is 1.58. The molecule has 0 radical (unpaired) electrons. The molecule has 9 atom stereocenters. The van der Waals surface area contributed by atoms with Crippen LogP contribution in [0.5, 0.6) is 28.7 Å². The number of rotatable bonds is 7. The molecule has 0 bridgehead atoms. The van der Waals surface area contributed by atoms with Crippen LogP contribution in [0.1, 0.15) is 0 Å². The van der Waals surface area contributed by atoms with Crippen LogP contribution in [0.3, 0.4) is 0 Å². The smallest absolute Gasteiger partial charge is 0.402 e. The molecule has 2 saturated heterocycles. The third-order valence-corrected chi connectivity index (χ3v) is 7.07. The molecule has 0 aliphatic carbocycles. The molecule has 15 heteroatoms. The highest BCUT2D eigenvalue weighted by atomic mass is 16.8. The molecule has 15 nitrogen and oxygen atoms in total. The summed E-state index contributed by atoms with van der Waals surface area (Å²) in [5, 5.41) is 92.1. The molecule has 2 aliphatic rings. The van der Waals surface area contributed by atoms with Crippen LogP contribution in [0.4, 0.5) is 0 Å². The molecule has 0 spiro atoms. The molecule has 3 heterocycles. The van der Waals surface area contributed by atoms with Crippen LogP contribution in [0.2, 0.25) is 0 Å². The summed E-state index contributed by atoms with van der Waals surface area (Å²) in [5.74, 6) is -0.925. The van der Waals surface area contributed by atoms with Crippen LogP contribution < -0.4 is 9.47 Å². The van der Waals surface area contributed by atoms with Crippen molar-refractivity contribution in [2.45, 2.75) is 55.3 Å². The van der Waals surface area contributed by atoms with Crippen molar-refractivity contribution in [3.05, 3.63) is 36.4 Å². The first-order chi connectivity index (χ1) is 20.0. The lowest BCUT2D eigenvalue weighted by Crippen LogP contribution is -2.63. The van der Waals surface area contributed by atoms with Crippen molar-refractivity contribution in [1.29, 1.82) is 0 Å². The Labute approximate surface area is 237 Å². The fraction of sp³-hybridized carbons (Fsp3) is 0.444. The SMILES string of the molecule is COc1cc(-c2[o+]c3cc(O)cc(O)c3cc2O[C@@H]2O[C@H](CO)[C@H](O)[C@H](O)[C@H]2O[C@@H]2OC[C@@H](O)[C@H](O)[C@H]2O)ccc1O. The Hall–Kier alpha value is -3.51. The molecule has 2 aromatic carbocycles. The third-order valence-electron chi connectivity index (χ3n) is 7.07. The molecule has 0 unspecified atom stereocenters. The summed E-state index contributed by atoms with van der Waals surface area (Å²) in [6, 6.07) is 7.84. The Morgan fingerprint density at radius 3 is 2.33 bits per heavy atom. The van der Waals surface area contributed by atoms with Gasteiger partial charge in [-0.15, -0.1) is 0 Å². The lowest BCUT2D eigenvalue weighted by Gasteiger charge is -2.44. The normalized spacial score (nSPS) is 31.6. The third kappa shape index (κ3) is 5.61. The van der Waals surface area contributed by atoms with Gasteiger partial charge < -0.3 is 69.6 Å². The fourth-order valence-electron chi connectivity index (χ4n) is 4.77. The first-order valence-electron chi connectivity index (χ1n) is 12.8. The summed E-state index contributed by atoms with van der Waals surface area (Å²) in [6.45, 7) is -1.15. The standard InChI is InChI=1S/C27H30O15/c1-37-17-4-10(2-3-13(17)30)24-18(7-12-14(31)5-11(29)6-16(12)39-24)40-27-25(22(35)21(34)19(8-28)41-27)42-26-23(36)20(33)15(32)9-38-26/h2-7,15,19-23,25-28,32-36H,8-9H2,1H3,(H2-,29,30,31)/p+1/t15-,19-,20+,21+,22+,23-,25-,26+,27-/m1/s1. The predicted molar refractivity (Wildman–Crippen MR) is 139 cm³/mol. The molecule has 5 rings (SSSR count). The van der Waals surface area contributed by atoms with Crippen molar-refractivity contribution in [2.75, 3.05) is 20.3 Å². The summed E-state index contributed by atoms with van der Waals surface area (Å²) in [4.78, 5) is 0. The Morgan fingerprint density at radius 1 is 0.857 bits per heavy atom. The molecule has 1 aromatic heterocycles. The zero-order valence-corrected chi connectivity index (χ0v) is 22.0. The largest absolute Gasteiger partial charge is 0.507 e. The van der Waals surface area contributed by atoms with Crippen LogP contribution in [-0.2, 0) is 14.2 Å². The fourth-order valence-corrected chi connectivity index (χ4v) is 4.77. The number of hydrogen-bond donors (Lipinski definition) is 9. The second kappa shape index (κ2) is 12.0. The van der Waals surface area contributed by atoms with Gasteiger partial charge in [-0.25, -0.2) is 4.42 Å². The molecule has 2 aliphatic heterocycles. The van der Waals surface area contributed by atoms with Crippen molar-refractivity contribution >= 4 is 11.0 Å². The number of ether oxygens (including phenoxy) is 5. The van der Waals surface area contributed by atoms with Crippen LogP contribution >= 0.6 is 0 Å². The van der Waals surface area contributed by atoms with E-state index in [1.54, 1.807) is 0 Å². The summed E-state index contributed by atoms with van der Waals surface area (Å²) in [6.07, 6.45) is -14.4. The molecule has 3 aromatic rings. The minimum atomic E-state index is -1.78. The number of aromatic hydroxyl groups is 3. The highest BCUT2D eigenvalue weighted by Gasteiger charge is 2.50. The quantitative estimate of drug-likeness (QED) is 0.151. The highest BCUT2D eigenvalue weighted by molar-refractivity contribution is 5.88. The van der Waals surface area contributed by atoms with E-state index in [1.807, 2.05) is 0 Å². The van der Waals surface area contributed by atoms with E-state index in [1.165, 1.54) is 37.4 Å². The minimum absolute atomic E-state index is 0.0261. The van der Waals surface area contributed by atoms with E-state index < -0.39 is 68.5 Å². The van der Waals surface area contributed by atoms with Gasteiger partial charge in [-0.3, -0.25) is 0 Å². The molecular formula is C27H31O15+. The summed E-state index contributed by atoms with van der Waals surface area (Å²) < 4.78 is 33.9. The zero-order chi connectivity index (χ0) is 30.3.